The van der Waals surface area contributed by atoms with E-state index in [4.69, 9.17) is 4.74 Å². The van der Waals surface area contributed by atoms with Crippen molar-refractivity contribution in [3.63, 3.8) is 0 Å². The predicted octanol–water partition coefficient (Wildman–Crippen LogP) is 2.12. The summed E-state index contributed by atoms with van der Waals surface area (Å²) >= 11 is 0. The van der Waals surface area contributed by atoms with Crippen LogP contribution in [-0.2, 0) is 4.74 Å². The van der Waals surface area contributed by atoms with Gasteiger partial charge in [-0.25, -0.2) is 0 Å². The second-order valence-electron chi connectivity index (χ2n) is 6.29. The first-order valence-corrected chi connectivity index (χ1v) is 6.97. The van der Waals surface area contributed by atoms with E-state index in [2.05, 4.69) is 31.0 Å². The van der Waals surface area contributed by atoms with Crippen molar-refractivity contribution in [2.45, 2.75) is 45.6 Å². The number of nitrogens with one attached hydrogen (secondary N) is 1. The normalized spacial score (nSPS) is 22.2. The average molecular weight is 242 g/mol. The molecule has 0 aromatic heterocycles. The number of unbranched alkanes of at least 4 members (excludes halogenated alkanes) is 1. The molecule has 0 bridgehead atoms. The Morgan fingerprint density at radius 3 is 2.71 bits per heavy atom. The van der Waals surface area contributed by atoms with Crippen LogP contribution in [0.2, 0.25) is 0 Å². The van der Waals surface area contributed by atoms with Gasteiger partial charge in [0.15, 0.2) is 0 Å². The molecule has 1 unspecified atom stereocenters. The molecule has 0 spiro atoms. The quantitative estimate of drug-likeness (QED) is 0.692. The SMILES string of the molecule is COCC1CCN(CCCCNC(C)(C)C)C1. The fraction of sp³-hybridized carbons (Fsp3) is 1.00. The third kappa shape index (κ3) is 7.02. The second-order valence-corrected chi connectivity index (χ2v) is 6.29. The summed E-state index contributed by atoms with van der Waals surface area (Å²) in [4.78, 5) is 2.58. The summed E-state index contributed by atoms with van der Waals surface area (Å²) in [5, 5.41) is 3.54. The van der Waals surface area contributed by atoms with E-state index in [0.29, 0.717) is 0 Å². The van der Waals surface area contributed by atoms with Gasteiger partial charge in [0.05, 0.1) is 6.61 Å². The van der Waals surface area contributed by atoms with Crippen molar-refractivity contribution in [2.24, 2.45) is 5.92 Å². The maximum atomic E-state index is 5.22. The molecule has 0 saturated carbocycles. The zero-order valence-electron chi connectivity index (χ0n) is 12.1. The van der Waals surface area contributed by atoms with Crippen molar-refractivity contribution >= 4 is 0 Å². The highest BCUT2D eigenvalue weighted by Crippen LogP contribution is 2.16. The molecule has 0 aromatic rings. The minimum Gasteiger partial charge on any atom is -0.384 e. The molecule has 0 aliphatic carbocycles. The van der Waals surface area contributed by atoms with Crippen LogP contribution in [0.5, 0.6) is 0 Å². The van der Waals surface area contributed by atoms with Crippen LogP contribution in [0.25, 0.3) is 0 Å². The monoisotopic (exact) mass is 242 g/mol. The predicted molar refractivity (Wildman–Crippen MR) is 73.4 cm³/mol. The lowest BCUT2D eigenvalue weighted by Crippen LogP contribution is -2.36. The van der Waals surface area contributed by atoms with E-state index in [0.717, 1.165) is 19.1 Å². The van der Waals surface area contributed by atoms with Gasteiger partial charge < -0.3 is 15.0 Å². The van der Waals surface area contributed by atoms with Gasteiger partial charge in [0.2, 0.25) is 0 Å². The third-order valence-corrected chi connectivity index (χ3v) is 3.33. The first kappa shape index (κ1) is 14.9. The van der Waals surface area contributed by atoms with Gasteiger partial charge in [0.25, 0.3) is 0 Å². The topological polar surface area (TPSA) is 24.5 Å². The van der Waals surface area contributed by atoms with Crippen LogP contribution in [-0.4, -0.2) is 50.3 Å². The Hall–Kier alpha value is -0.120. The molecule has 0 amide bonds. The molecule has 1 aliphatic heterocycles. The number of nitrogens with zero attached hydrogens (tertiary/aromatic N) is 1. The van der Waals surface area contributed by atoms with Crippen LogP contribution >= 0.6 is 0 Å². The number of ether oxygens (including phenoxy) is 1. The minimum atomic E-state index is 0.261. The van der Waals surface area contributed by atoms with Gasteiger partial charge in [0, 0.05) is 19.2 Å². The van der Waals surface area contributed by atoms with Crippen LogP contribution in [0.15, 0.2) is 0 Å². The average Bonchev–Trinajstić information content (AvgIpc) is 2.64. The first-order valence-electron chi connectivity index (χ1n) is 6.97. The Morgan fingerprint density at radius 1 is 1.29 bits per heavy atom. The summed E-state index contributed by atoms with van der Waals surface area (Å²) in [6.45, 7) is 12.5. The summed E-state index contributed by atoms with van der Waals surface area (Å²) < 4.78 is 5.22. The van der Waals surface area contributed by atoms with E-state index in [-0.39, 0.29) is 5.54 Å². The van der Waals surface area contributed by atoms with Gasteiger partial charge in [-0.1, -0.05) is 0 Å². The molecule has 3 nitrogen and oxygen atoms in total. The van der Waals surface area contributed by atoms with Crippen molar-refractivity contribution in [3.05, 3.63) is 0 Å². The van der Waals surface area contributed by atoms with Gasteiger partial charge in [-0.05, 0) is 65.6 Å². The van der Waals surface area contributed by atoms with Gasteiger partial charge in [-0.2, -0.15) is 0 Å². The molecule has 1 fully saturated rings. The molecule has 1 saturated heterocycles. The molecule has 1 aliphatic rings. The summed E-state index contributed by atoms with van der Waals surface area (Å²) in [5.41, 5.74) is 0.261. The molecule has 1 heterocycles. The van der Waals surface area contributed by atoms with Crippen molar-refractivity contribution in [1.29, 1.82) is 0 Å². The molecule has 1 atom stereocenters. The van der Waals surface area contributed by atoms with Crippen LogP contribution in [0, 0.1) is 5.92 Å². The summed E-state index contributed by atoms with van der Waals surface area (Å²) in [5.74, 6) is 0.771. The standard InChI is InChI=1S/C14H30N2O/c1-14(2,3)15-8-5-6-9-16-10-7-13(11-16)12-17-4/h13,15H,5-12H2,1-4H3. The van der Waals surface area contributed by atoms with E-state index in [1.165, 1.54) is 38.9 Å². The lowest BCUT2D eigenvalue weighted by Gasteiger charge is -2.21. The van der Waals surface area contributed by atoms with Crippen LogP contribution in [0.3, 0.4) is 0 Å². The number of hydrogen-bond donors (Lipinski definition) is 1. The van der Waals surface area contributed by atoms with Gasteiger partial charge >= 0.3 is 0 Å². The molecule has 102 valence electrons. The van der Waals surface area contributed by atoms with Crippen LogP contribution in [0.1, 0.15) is 40.0 Å². The lowest BCUT2D eigenvalue weighted by molar-refractivity contribution is 0.153. The molecule has 1 N–H and O–H groups in total. The van der Waals surface area contributed by atoms with Gasteiger partial charge in [-0.15, -0.1) is 0 Å². The Balaban J connectivity index is 1.97. The molecular formula is C14H30N2O. The van der Waals surface area contributed by atoms with Crippen LogP contribution in [0.4, 0.5) is 0 Å². The smallest absolute Gasteiger partial charge is 0.0503 e. The highest BCUT2D eigenvalue weighted by atomic mass is 16.5. The van der Waals surface area contributed by atoms with E-state index in [1.54, 1.807) is 7.11 Å². The Bertz CT molecular complexity index is 201. The largest absolute Gasteiger partial charge is 0.384 e. The van der Waals surface area contributed by atoms with Gasteiger partial charge in [0.1, 0.15) is 0 Å². The fourth-order valence-electron chi connectivity index (χ4n) is 2.41. The number of methoxy groups -OCH3 is 1. The zero-order valence-corrected chi connectivity index (χ0v) is 12.1. The van der Waals surface area contributed by atoms with Crippen LogP contribution < -0.4 is 5.32 Å². The molecule has 0 aromatic carbocycles. The molecule has 0 radical (unpaired) electrons. The Morgan fingerprint density at radius 2 is 2.06 bits per heavy atom. The Kier molecular flexibility index (Phi) is 6.45. The lowest BCUT2D eigenvalue weighted by atomic mass is 10.1. The summed E-state index contributed by atoms with van der Waals surface area (Å²) in [6.07, 6.45) is 3.90. The van der Waals surface area contributed by atoms with E-state index < -0.39 is 0 Å². The highest BCUT2D eigenvalue weighted by Gasteiger charge is 2.21. The molecule has 3 heteroatoms. The van der Waals surface area contributed by atoms with Crippen molar-refractivity contribution in [2.75, 3.05) is 39.9 Å². The van der Waals surface area contributed by atoms with E-state index in [1.807, 2.05) is 0 Å². The first-order chi connectivity index (χ1) is 8.01. The highest BCUT2D eigenvalue weighted by molar-refractivity contribution is 4.75. The summed E-state index contributed by atoms with van der Waals surface area (Å²) in [7, 11) is 1.81. The van der Waals surface area contributed by atoms with E-state index >= 15 is 0 Å². The molecule has 1 rings (SSSR count). The van der Waals surface area contributed by atoms with E-state index in [9.17, 15) is 0 Å². The third-order valence-electron chi connectivity index (χ3n) is 3.33. The molecule has 17 heavy (non-hydrogen) atoms. The van der Waals surface area contributed by atoms with Crippen molar-refractivity contribution in [3.8, 4) is 0 Å². The number of likely N-dealkylation sites (tertiary alicyclic amines) is 1. The van der Waals surface area contributed by atoms with Gasteiger partial charge in [-0.3, -0.25) is 0 Å². The number of hydrogen-bond acceptors (Lipinski definition) is 3. The fourth-order valence-corrected chi connectivity index (χ4v) is 2.41. The Labute approximate surface area is 107 Å². The second kappa shape index (κ2) is 7.34. The summed E-state index contributed by atoms with van der Waals surface area (Å²) in [6, 6.07) is 0. The molecular weight excluding hydrogens is 212 g/mol. The maximum absolute atomic E-state index is 5.22. The minimum absolute atomic E-state index is 0.261. The maximum Gasteiger partial charge on any atom is 0.0503 e. The van der Waals surface area contributed by atoms with Crippen molar-refractivity contribution < 1.29 is 4.74 Å². The van der Waals surface area contributed by atoms with Crippen molar-refractivity contribution in [1.82, 2.24) is 10.2 Å². The zero-order chi connectivity index (χ0) is 12.7. The number of rotatable bonds is 7.